The second kappa shape index (κ2) is 8.18. The summed E-state index contributed by atoms with van der Waals surface area (Å²) in [5.41, 5.74) is 5.15. The van der Waals surface area contributed by atoms with Crippen LogP contribution in [0.25, 0.3) is 0 Å². The quantitative estimate of drug-likeness (QED) is 0.150. The van der Waals surface area contributed by atoms with Crippen LogP contribution in [0.15, 0.2) is 16.4 Å². The number of nitrogen functional groups attached to an aromatic ring is 1. The predicted octanol–water partition coefficient (Wildman–Crippen LogP) is -2.77. The highest BCUT2D eigenvalue weighted by Gasteiger charge is 2.57. The normalized spacial score (nSPS) is 32.5. The molecule has 2 bridgehead atoms. The minimum Gasteiger partial charge on any atom is -0.543 e. The number of carboxylic acid groups (broad SMARTS) is 1. The fraction of sp³-hybridized carbons (Fsp3) is 0.579. The Morgan fingerprint density at radius 3 is 2.74 bits per heavy atom. The molecule has 2 amide bonds. The van der Waals surface area contributed by atoms with Gasteiger partial charge in [0.25, 0.3) is 11.8 Å². The third kappa shape index (κ3) is 3.72. The number of hydrogen-bond acceptors (Lipinski definition) is 12. The van der Waals surface area contributed by atoms with Crippen molar-refractivity contribution in [2.45, 2.75) is 29.9 Å². The number of hydrogen-bond donors (Lipinski definition) is 3. The van der Waals surface area contributed by atoms with Crippen molar-refractivity contribution in [2.75, 3.05) is 44.8 Å². The van der Waals surface area contributed by atoms with Crippen LogP contribution in [-0.4, -0.2) is 103 Å². The van der Waals surface area contributed by atoms with E-state index >= 15 is 0 Å². The number of carboxylic acids is 1. The number of rotatable bonds is 7. The number of β-lactam (4-membered cyclic amide) rings is 1. The molecule has 2 atom stereocenters. The summed E-state index contributed by atoms with van der Waals surface area (Å²) in [6.45, 7) is 2.59. The first-order valence-corrected chi connectivity index (χ1v) is 12.4. The molecule has 4 aliphatic heterocycles. The zero-order valence-corrected chi connectivity index (χ0v) is 19.9. The lowest BCUT2D eigenvalue weighted by molar-refractivity contribution is -0.904. The number of nitrogens with zero attached hydrogens (tertiary/aromatic N) is 5. The van der Waals surface area contributed by atoms with Gasteiger partial charge in [0.1, 0.15) is 37.2 Å². The molecule has 0 aromatic carbocycles. The number of nitrogens with two attached hydrogens (primary N) is 1. The summed E-state index contributed by atoms with van der Waals surface area (Å²) >= 11 is 2.25. The Morgan fingerprint density at radius 2 is 2.18 bits per heavy atom. The number of piperidine rings is 1. The molecule has 0 unspecified atom stereocenters. The number of anilines is 1. The van der Waals surface area contributed by atoms with Crippen LogP contribution in [0.3, 0.4) is 0 Å². The van der Waals surface area contributed by atoms with E-state index in [1.165, 1.54) is 23.8 Å². The third-order valence-electron chi connectivity index (χ3n) is 6.84. The van der Waals surface area contributed by atoms with E-state index in [-0.39, 0.29) is 22.4 Å². The zero-order valence-electron chi connectivity index (χ0n) is 18.2. The standard InChI is InChI=1S/C19H23N7O6S2/c1-32-23-10(13-22-18(20)34-24-13)14(27)21-11-15(28)25-12(17(29)30)9(7-33-16(11)25)6-26-4-2-19(31,8-26)3-5-26/h11,16,31H,2-8H2,1H3,(H3-,20,21,22,24,27,29,30)/b23-10-/t11-,16+,19?,26?/m1/s1. The molecule has 34 heavy (non-hydrogen) atoms. The molecule has 4 aliphatic rings. The molecule has 3 fully saturated rings. The molecule has 15 heteroatoms. The molecule has 5 rings (SSSR count). The average Bonchev–Trinajstić information content (AvgIpc) is 3.47. The Bertz CT molecular complexity index is 1130. The van der Waals surface area contributed by atoms with E-state index < -0.39 is 34.8 Å². The largest absolute Gasteiger partial charge is 0.543 e. The average molecular weight is 510 g/mol. The Morgan fingerprint density at radius 1 is 1.44 bits per heavy atom. The van der Waals surface area contributed by atoms with E-state index in [4.69, 9.17) is 10.6 Å². The van der Waals surface area contributed by atoms with Gasteiger partial charge < -0.3 is 35.4 Å². The maximum absolute atomic E-state index is 13.0. The van der Waals surface area contributed by atoms with Crippen molar-refractivity contribution in [3.63, 3.8) is 0 Å². The van der Waals surface area contributed by atoms with Gasteiger partial charge in [-0.2, -0.15) is 9.36 Å². The van der Waals surface area contributed by atoms with Gasteiger partial charge in [0, 0.05) is 35.7 Å². The highest BCUT2D eigenvalue weighted by molar-refractivity contribution is 8.00. The van der Waals surface area contributed by atoms with E-state index in [9.17, 15) is 24.6 Å². The van der Waals surface area contributed by atoms with E-state index in [1.807, 2.05) is 0 Å². The molecule has 0 radical (unpaired) electrons. The topological polar surface area (TPSA) is 183 Å². The summed E-state index contributed by atoms with van der Waals surface area (Å²) in [5, 5.41) is 28.4. The molecule has 0 spiro atoms. The lowest BCUT2D eigenvalue weighted by atomic mass is 10.00. The highest BCUT2D eigenvalue weighted by atomic mass is 32.2. The lowest BCUT2D eigenvalue weighted by Crippen LogP contribution is -2.71. The Kier molecular flexibility index (Phi) is 5.54. The lowest BCUT2D eigenvalue weighted by Gasteiger charge is -2.51. The maximum Gasteiger partial charge on any atom is 0.278 e. The second-order valence-electron chi connectivity index (χ2n) is 9.01. The van der Waals surface area contributed by atoms with Crippen LogP contribution >= 0.6 is 23.3 Å². The first kappa shape index (κ1) is 23.0. The number of aliphatic hydroxyl groups is 1. The van der Waals surface area contributed by atoms with Gasteiger partial charge >= 0.3 is 0 Å². The monoisotopic (exact) mass is 509 g/mol. The molecule has 4 N–H and O–H groups in total. The smallest absolute Gasteiger partial charge is 0.278 e. The SMILES string of the molecule is CO/N=C(\C(=O)N[C@@H]1C(=O)N2C(C(=O)[O-])=C(C[N+]34CCC(O)(CC3)C4)CS[C@@H]12)c1nsc(N)n1. The van der Waals surface area contributed by atoms with Gasteiger partial charge in [0.2, 0.25) is 11.5 Å². The first-order valence-electron chi connectivity index (χ1n) is 10.6. The summed E-state index contributed by atoms with van der Waals surface area (Å²) < 4.78 is 4.57. The van der Waals surface area contributed by atoms with Gasteiger partial charge in [-0.1, -0.05) is 5.16 Å². The molecule has 1 aromatic rings. The van der Waals surface area contributed by atoms with E-state index in [0.717, 1.165) is 24.6 Å². The van der Waals surface area contributed by atoms with E-state index in [1.54, 1.807) is 0 Å². The molecule has 182 valence electrons. The third-order valence-corrected chi connectivity index (χ3v) is 8.72. The number of fused-ring (bicyclic) bond motifs is 3. The van der Waals surface area contributed by atoms with Crippen LogP contribution in [0.4, 0.5) is 5.13 Å². The number of aromatic nitrogens is 2. The summed E-state index contributed by atoms with van der Waals surface area (Å²) in [6, 6.07) is -0.956. The number of carbonyl (C=O) groups is 3. The minimum absolute atomic E-state index is 0.0375. The van der Waals surface area contributed by atoms with Crippen LogP contribution in [0.1, 0.15) is 18.7 Å². The van der Waals surface area contributed by atoms with E-state index in [0.29, 0.717) is 41.7 Å². The van der Waals surface area contributed by atoms with Gasteiger partial charge in [-0.05, 0) is 0 Å². The molecule has 1 aromatic heterocycles. The Hall–Kier alpha value is -2.75. The van der Waals surface area contributed by atoms with Crippen molar-refractivity contribution in [3.05, 3.63) is 17.1 Å². The molecule has 0 aliphatic carbocycles. The number of oxime groups is 1. The predicted molar refractivity (Wildman–Crippen MR) is 119 cm³/mol. The molecule has 5 heterocycles. The Labute approximate surface area is 202 Å². The van der Waals surface area contributed by atoms with Crippen molar-refractivity contribution in [1.82, 2.24) is 19.6 Å². The molecule has 0 saturated carbocycles. The number of carbonyl (C=O) groups excluding carboxylic acids is 3. The van der Waals surface area contributed by atoms with Gasteiger partial charge in [0.15, 0.2) is 5.13 Å². The second-order valence-corrected chi connectivity index (χ2v) is 10.9. The number of amides is 2. The molecule has 13 nitrogen and oxygen atoms in total. The minimum atomic E-state index is -1.42. The highest BCUT2D eigenvalue weighted by Crippen LogP contribution is 2.44. The van der Waals surface area contributed by atoms with Crippen molar-refractivity contribution in [3.8, 4) is 0 Å². The van der Waals surface area contributed by atoms with Crippen LogP contribution < -0.4 is 16.2 Å². The summed E-state index contributed by atoms with van der Waals surface area (Å²) in [4.78, 5) is 47.7. The molecule has 3 saturated heterocycles. The van der Waals surface area contributed by atoms with Gasteiger partial charge in [0.05, 0.1) is 24.8 Å². The summed E-state index contributed by atoms with van der Waals surface area (Å²) in [5.74, 6) is -2.37. The van der Waals surface area contributed by atoms with Crippen LogP contribution in [-0.2, 0) is 19.2 Å². The van der Waals surface area contributed by atoms with Crippen LogP contribution in [0.5, 0.6) is 0 Å². The van der Waals surface area contributed by atoms with Crippen LogP contribution in [0, 0.1) is 0 Å². The Balaban J connectivity index is 1.34. The van der Waals surface area contributed by atoms with Gasteiger partial charge in [-0.15, -0.1) is 11.8 Å². The summed E-state index contributed by atoms with van der Waals surface area (Å²) in [7, 11) is 1.25. The van der Waals surface area contributed by atoms with Gasteiger partial charge in [-0.25, -0.2) is 0 Å². The zero-order chi connectivity index (χ0) is 24.3. The van der Waals surface area contributed by atoms with Crippen molar-refractivity contribution < 1.29 is 33.9 Å². The number of thioether (sulfide) groups is 1. The molecular weight excluding hydrogens is 486 g/mol. The van der Waals surface area contributed by atoms with Crippen molar-refractivity contribution in [1.29, 1.82) is 0 Å². The fourth-order valence-electron chi connectivity index (χ4n) is 5.30. The summed E-state index contributed by atoms with van der Waals surface area (Å²) in [6.07, 6.45) is 1.39. The number of aliphatic carboxylic acids is 1. The fourth-order valence-corrected chi connectivity index (χ4v) is 7.07. The van der Waals surface area contributed by atoms with E-state index in [2.05, 4.69) is 19.8 Å². The maximum atomic E-state index is 13.0. The number of nitrogens with one attached hydrogen (secondary N) is 1. The van der Waals surface area contributed by atoms with Crippen LogP contribution in [0.2, 0.25) is 0 Å². The van der Waals surface area contributed by atoms with Crippen molar-refractivity contribution >= 4 is 51.9 Å². The van der Waals surface area contributed by atoms with Gasteiger partial charge in [-0.3, -0.25) is 14.5 Å². The molecular formula is C19H23N7O6S2. The van der Waals surface area contributed by atoms with Crippen molar-refractivity contribution in [2.24, 2.45) is 5.16 Å². The number of quaternary nitrogens is 1. The first-order chi connectivity index (χ1) is 16.2.